The molecule has 1 aliphatic carbocycles. The summed E-state index contributed by atoms with van der Waals surface area (Å²) in [5.74, 6) is 2.00. The van der Waals surface area contributed by atoms with Gasteiger partial charge < -0.3 is 20.1 Å². The molecule has 0 saturated carbocycles. The van der Waals surface area contributed by atoms with Gasteiger partial charge in [0.1, 0.15) is 35.6 Å². The molecule has 6 nitrogen and oxygen atoms in total. The number of anilines is 2. The van der Waals surface area contributed by atoms with Gasteiger partial charge in [-0.2, -0.15) is 0 Å². The van der Waals surface area contributed by atoms with Gasteiger partial charge in [-0.15, -0.1) is 0 Å². The fourth-order valence-electron chi connectivity index (χ4n) is 3.72. The van der Waals surface area contributed by atoms with Gasteiger partial charge in [-0.3, -0.25) is 0 Å². The summed E-state index contributed by atoms with van der Waals surface area (Å²) in [5.41, 5.74) is 0.950. The molecule has 1 saturated heterocycles. The first-order chi connectivity index (χ1) is 14.7. The number of rotatable bonds is 7. The van der Waals surface area contributed by atoms with Crippen LogP contribution in [-0.2, 0) is 0 Å². The van der Waals surface area contributed by atoms with Crippen molar-refractivity contribution in [3.05, 3.63) is 66.3 Å². The van der Waals surface area contributed by atoms with Gasteiger partial charge in [0.15, 0.2) is 0 Å². The zero-order chi connectivity index (χ0) is 20.8. The lowest BCUT2D eigenvalue weighted by atomic mass is 10.0. The topological polar surface area (TPSA) is 70.5 Å². The van der Waals surface area contributed by atoms with Crippen molar-refractivity contribution in [3.63, 3.8) is 0 Å². The van der Waals surface area contributed by atoms with E-state index in [0.717, 1.165) is 50.2 Å². The molecule has 2 aromatic rings. The first-order valence-corrected chi connectivity index (χ1v) is 10.4. The van der Waals surface area contributed by atoms with Gasteiger partial charge in [0.05, 0.1) is 6.10 Å². The monoisotopic (exact) mass is 410 g/mol. The molecule has 1 atom stereocenters. The molecule has 0 bridgehead atoms. The van der Waals surface area contributed by atoms with Gasteiger partial charge in [-0.1, -0.05) is 18.2 Å². The number of aliphatic hydroxyl groups is 1. The van der Waals surface area contributed by atoms with Crippen LogP contribution in [0.4, 0.5) is 16.0 Å². The lowest BCUT2D eigenvalue weighted by molar-refractivity contribution is 0.170. The van der Waals surface area contributed by atoms with Crippen molar-refractivity contribution in [3.8, 4) is 5.75 Å². The molecule has 1 aliphatic heterocycles. The van der Waals surface area contributed by atoms with Crippen LogP contribution in [0.15, 0.2) is 60.5 Å². The minimum atomic E-state index is -0.556. The third-order valence-electron chi connectivity index (χ3n) is 5.42. The standard InChI is InChI=1S/C23H27FN4O2/c24-18-6-8-19(9-7-18)30-20-10-12-28(13-11-20)23-14-22(26-16-27-23)25-15-21(29)17-4-2-1-3-5-17/h2,4-9,14,16,20-21,29H,1,3,10-13,15H2,(H,25,26,27). The Morgan fingerprint density at radius 3 is 2.70 bits per heavy atom. The molecule has 30 heavy (non-hydrogen) atoms. The number of ether oxygens (including phenoxy) is 1. The predicted molar refractivity (Wildman–Crippen MR) is 115 cm³/mol. The zero-order valence-electron chi connectivity index (χ0n) is 16.9. The van der Waals surface area contributed by atoms with Crippen LogP contribution in [0.5, 0.6) is 5.75 Å². The molecular weight excluding hydrogens is 383 g/mol. The highest BCUT2D eigenvalue weighted by Gasteiger charge is 2.22. The van der Waals surface area contributed by atoms with Crippen LogP contribution < -0.4 is 15.0 Å². The Balaban J connectivity index is 1.28. The number of benzene rings is 1. The molecule has 1 aromatic heterocycles. The van der Waals surface area contributed by atoms with Crippen molar-refractivity contribution in [2.45, 2.75) is 37.9 Å². The lowest BCUT2D eigenvalue weighted by Crippen LogP contribution is -2.38. The summed E-state index contributed by atoms with van der Waals surface area (Å²) in [6.45, 7) is 2.05. The average molecular weight is 410 g/mol. The second-order valence-corrected chi connectivity index (χ2v) is 7.60. The van der Waals surface area contributed by atoms with Crippen molar-refractivity contribution >= 4 is 11.6 Å². The molecule has 0 amide bonds. The second-order valence-electron chi connectivity index (χ2n) is 7.60. The van der Waals surface area contributed by atoms with Crippen LogP contribution in [0.2, 0.25) is 0 Å². The van der Waals surface area contributed by atoms with Crippen LogP contribution in [0.25, 0.3) is 0 Å². The molecule has 1 fully saturated rings. The smallest absolute Gasteiger partial charge is 0.134 e. The minimum Gasteiger partial charge on any atom is -0.490 e. The summed E-state index contributed by atoms with van der Waals surface area (Å²) in [5, 5.41) is 13.6. The first-order valence-electron chi connectivity index (χ1n) is 10.4. The van der Waals surface area contributed by atoms with E-state index in [-0.39, 0.29) is 11.9 Å². The van der Waals surface area contributed by atoms with Gasteiger partial charge in [0.25, 0.3) is 0 Å². The van der Waals surface area contributed by atoms with Crippen LogP contribution in [0, 0.1) is 5.82 Å². The van der Waals surface area contributed by atoms with Gasteiger partial charge in [-0.05, 0) is 42.7 Å². The van der Waals surface area contributed by atoms with Crippen LogP contribution in [0.1, 0.15) is 25.7 Å². The molecular formula is C23H27FN4O2. The number of halogens is 1. The third-order valence-corrected chi connectivity index (χ3v) is 5.42. The normalized spacial score (nSPS) is 18.1. The molecule has 0 spiro atoms. The van der Waals surface area contributed by atoms with Crippen LogP contribution in [-0.4, -0.2) is 46.9 Å². The number of aliphatic hydroxyl groups excluding tert-OH is 1. The van der Waals surface area contributed by atoms with Crippen LogP contribution >= 0.6 is 0 Å². The van der Waals surface area contributed by atoms with Crippen molar-refractivity contribution in [1.29, 1.82) is 0 Å². The molecule has 2 aliphatic rings. The van der Waals surface area contributed by atoms with E-state index in [1.54, 1.807) is 18.5 Å². The van der Waals surface area contributed by atoms with E-state index < -0.39 is 6.10 Å². The first kappa shape index (κ1) is 20.3. The molecule has 7 heteroatoms. The molecule has 4 rings (SSSR count). The summed E-state index contributed by atoms with van der Waals surface area (Å²) in [7, 11) is 0. The van der Waals surface area contributed by atoms with E-state index >= 15 is 0 Å². The quantitative estimate of drug-likeness (QED) is 0.725. The highest BCUT2D eigenvalue weighted by Crippen LogP contribution is 2.23. The number of hydrogen-bond acceptors (Lipinski definition) is 6. The van der Waals surface area contributed by atoms with E-state index in [0.29, 0.717) is 18.1 Å². The van der Waals surface area contributed by atoms with Crippen molar-refractivity contribution < 1.29 is 14.2 Å². The Morgan fingerprint density at radius 2 is 1.97 bits per heavy atom. The Kier molecular flexibility index (Phi) is 6.59. The van der Waals surface area contributed by atoms with E-state index in [1.807, 2.05) is 12.1 Å². The van der Waals surface area contributed by atoms with Crippen molar-refractivity contribution in [2.24, 2.45) is 0 Å². The fourth-order valence-corrected chi connectivity index (χ4v) is 3.72. The zero-order valence-corrected chi connectivity index (χ0v) is 16.9. The van der Waals surface area contributed by atoms with Crippen LogP contribution in [0.3, 0.4) is 0 Å². The number of piperidine rings is 1. The number of nitrogens with zero attached hydrogens (tertiary/aromatic N) is 3. The number of hydrogen-bond donors (Lipinski definition) is 2. The van der Waals surface area contributed by atoms with E-state index in [9.17, 15) is 9.50 Å². The Hall–Kier alpha value is -2.93. The SMILES string of the molecule is OC(CNc1cc(N2CCC(Oc3ccc(F)cc3)CC2)ncn1)C1=CCCC=C1. The molecule has 0 radical (unpaired) electrons. The molecule has 158 valence electrons. The number of allylic oxidation sites excluding steroid dienone is 2. The summed E-state index contributed by atoms with van der Waals surface area (Å²) >= 11 is 0. The van der Waals surface area contributed by atoms with E-state index in [2.05, 4.69) is 32.3 Å². The molecule has 1 unspecified atom stereocenters. The minimum absolute atomic E-state index is 0.109. The van der Waals surface area contributed by atoms with E-state index in [4.69, 9.17) is 4.74 Å². The maximum absolute atomic E-state index is 13.0. The van der Waals surface area contributed by atoms with Crippen molar-refractivity contribution in [1.82, 2.24) is 9.97 Å². The third kappa shape index (κ3) is 5.36. The Bertz CT molecular complexity index is 892. The molecule has 2 N–H and O–H groups in total. The lowest BCUT2D eigenvalue weighted by Gasteiger charge is -2.33. The summed E-state index contributed by atoms with van der Waals surface area (Å²) < 4.78 is 19.0. The number of nitrogens with one attached hydrogen (secondary N) is 1. The fraction of sp³-hybridized carbons (Fsp3) is 0.391. The van der Waals surface area contributed by atoms with Crippen molar-refractivity contribution in [2.75, 3.05) is 29.9 Å². The number of aromatic nitrogens is 2. The summed E-state index contributed by atoms with van der Waals surface area (Å²) in [6, 6.07) is 8.07. The maximum Gasteiger partial charge on any atom is 0.134 e. The summed E-state index contributed by atoms with van der Waals surface area (Å²) in [6.07, 6.45) is 11.0. The summed E-state index contributed by atoms with van der Waals surface area (Å²) in [4.78, 5) is 10.9. The predicted octanol–water partition coefficient (Wildman–Crippen LogP) is 3.71. The maximum atomic E-state index is 13.0. The van der Waals surface area contributed by atoms with Gasteiger partial charge in [-0.25, -0.2) is 14.4 Å². The highest BCUT2D eigenvalue weighted by molar-refractivity contribution is 5.49. The van der Waals surface area contributed by atoms with Gasteiger partial charge in [0, 0.05) is 38.5 Å². The largest absolute Gasteiger partial charge is 0.490 e. The van der Waals surface area contributed by atoms with Gasteiger partial charge >= 0.3 is 0 Å². The Labute approximate surface area is 176 Å². The second kappa shape index (κ2) is 9.71. The molecule has 1 aromatic carbocycles. The van der Waals surface area contributed by atoms with Gasteiger partial charge in [0.2, 0.25) is 0 Å². The average Bonchev–Trinajstić information content (AvgIpc) is 2.80. The highest BCUT2D eigenvalue weighted by atomic mass is 19.1. The Morgan fingerprint density at radius 1 is 1.17 bits per heavy atom. The molecule has 2 heterocycles. The van der Waals surface area contributed by atoms with E-state index in [1.165, 1.54) is 12.1 Å².